The van der Waals surface area contributed by atoms with Crippen LogP contribution in [0.3, 0.4) is 0 Å². The number of ether oxygens (including phenoxy) is 2. The Morgan fingerprint density at radius 3 is 2.61 bits per heavy atom. The lowest BCUT2D eigenvalue weighted by Crippen LogP contribution is -2.36. The molecule has 0 radical (unpaired) electrons. The highest BCUT2D eigenvalue weighted by Gasteiger charge is 2.34. The van der Waals surface area contributed by atoms with Crippen molar-refractivity contribution < 1.29 is 14.3 Å². The molecule has 1 atom stereocenters. The predicted molar refractivity (Wildman–Crippen MR) is 141 cm³/mol. The minimum absolute atomic E-state index is 0.131. The van der Waals surface area contributed by atoms with E-state index in [0.29, 0.717) is 16.7 Å². The van der Waals surface area contributed by atoms with Gasteiger partial charge in [-0.15, -0.1) is 10.2 Å². The average molecular weight is 505 g/mol. The van der Waals surface area contributed by atoms with E-state index in [-0.39, 0.29) is 12.0 Å². The molecule has 0 N–H and O–H groups in total. The van der Waals surface area contributed by atoms with Gasteiger partial charge in [0.05, 0.1) is 11.8 Å². The summed E-state index contributed by atoms with van der Waals surface area (Å²) >= 11 is 1.58. The minimum Gasteiger partial charge on any atom is -0.490 e. The molecule has 3 aromatic rings. The molecule has 188 valence electrons. The van der Waals surface area contributed by atoms with E-state index in [1.54, 1.807) is 23.6 Å². The number of benzene rings is 2. The lowest BCUT2D eigenvalue weighted by atomic mass is 10.1. The molecule has 1 saturated carbocycles. The van der Waals surface area contributed by atoms with Crippen molar-refractivity contribution in [3.8, 4) is 22.9 Å². The molecule has 1 fully saturated rings. The van der Waals surface area contributed by atoms with Crippen LogP contribution in [0.25, 0.3) is 11.3 Å². The standard InChI is InChI=1S/C28H32N4O3S/c1-3-4-9-18-36-28-29-26-25(30-31-28)23-12-7-8-13-24(23)32(19(2)33)27(35-26)20-14-16-22(17-15-20)34-21-10-5-6-11-21/h7-8,12-17,21,27H,3-6,9-11,18H2,1-2H3/t27-/m0/s1. The van der Waals surface area contributed by atoms with Crippen LogP contribution in [0.2, 0.25) is 0 Å². The molecule has 8 heteroatoms. The number of thioether (sulfide) groups is 1. The Morgan fingerprint density at radius 2 is 1.86 bits per heavy atom. The summed E-state index contributed by atoms with van der Waals surface area (Å²) in [7, 11) is 0. The molecule has 1 aromatic heterocycles. The number of aromatic nitrogens is 3. The van der Waals surface area contributed by atoms with Crippen LogP contribution >= 0.6 is 11.8 Å². The van der Waals surface area contributed by atoms with Crippen LogP contribution < -0.4 is 14.4 Å². The SMILES string of the molecule is CCCCCSc1nnc2c(n1)O[C@@H](c1ccc(OC3CCCC3)cc1)N(C(C)=O)c1ccccc1-2. The lowest BCUT2D eigenvalue weighted by Gasteiger charge is -2.30. The summed E-state index contributed by atoms with van der Waals surface area (Å²) in [4.78, 5) is 19.4. The Kier molecular flexibility index (Phi) is 7.70. The smallest absolute Gasteiger partial charge is 0.247 e. The molecular formula is C28H32N4O3S. The first-order valence-corrected chi connectivity index (χ1v) is 13.8. The molecule has 7 nitrogen and oxygen atoms in total. The number of nitrogens with zero attached hydrogens (tertiary/aromatic N) is 4. The number of para-hydroxylation sites is 1. The number of hydrogen-bond acceptors (Lipinski definition) is 7. The van der Waals surface area contributed by atoms with Gasteiger partial charge in [0.2, 0.25) is 23.2 Å². The lowest BCUT2D eigenvalue weighted by molar-refractivity contribution is -0.118. The molecule has 2 aliphatic rings. The van der Waals surface area contributed by atoms with E-state index in [2.05, 4.69) is 17.1 Å². The second-order valence-corrected chi connectivity index (χ2v) is 10.3. The van der Waals surface area contributed by atoms with Gasteiger partial charge in [-0.1, -0.05) is 49.7 Å². The van der Waals surface area contributed by atoms with Gasteiger partial charge < -0.3 is 9.47 Å². The van der Waals surface area contributed by atoms with E-state index in [9.17, 15) is 4.79 Å². The minimum atomic E-state index is -0.694. The van der Waals surface area contributed by atoms with Gasteiger partial charge in [-0.25, -0.2) is 0 Å². The van der Waals surface area contributed by atoms with Crippen molar-refractivity contribution in [1.29, 1.82) is 0 Å². The first-order valence-electron chi connectivity index (χ1n) is 12.8. The van der Waals surface area contributed by atoms with Crippen molar-refractivity contribution in [2.45, 2.75) is 76.3 Å². The van der Waals surface area contributed by atoms with Gasteiger partial charge in [0.1, 0.15) is 5.75 Å². The Bertz CT molecular complexity index is 1200. The Balaban J connectivity index is 1.49. The fourth-order valence-corrected chi connectivity index (χ4v) is 5.53. The highest BCUT2D eigenvalue weighted by Crippen LogP contribution is 2.43. The number of hydrogen-bond donors (Lipinski definition) is 0. The fraction of sp³-hybridized carbons (Fsp3) is 0.429. The molecule has 1 aliphatic carbocycles. The van der Waals surface area contributed by atoms with Crippen molar-refractivity contribution >= 4 is 23.4 Å². The van der Waals surface area contributed by atoms with E-state index in [4.69, 9.17) is 14.5 Å². The Labute approximate surface area is 216 Å². The van der Waals surface area contributed by atoms with Gasteiger partial charge in [-0.05, 0) is 62.4 Å². The zero-order valence-electron chi connectivity index (χ0n) is 20.9. The number of unbranched alkanes of at least 4 members (excludes halogenated alkanes) is 2. The van der Waals surface area contributed by atoms with E-state index in [1.165, 1.54) is 19.3 Å². The summed E-state index contributed by atoms with van der Waals surface area (Å²) in [6, 6.07) is 15.5. The van der Waals surface area contributed by atoms with Gasteiger partial charge >= 0.3 is 0 Å². The van der Waals surface area contributed by atoms with E-state index < -0.39 is 6.23 Å². The molecule has 0 unspecified atom stereocenters. The Morgan fingerprint density at radius 1 is 1.08 bits per heavy atom. The van der Waals surface area contributed by atoms with Crippen molar-refractivity contribution in [2.24, 2.45) is 0 Å². The topological polar surface area (TPSA) is 77.4 Å². The third-order valence-corrected chi connectivity index (χ3v) is 7.52. The van der Waals surface area contributed by atoms with Crippen LogP contribution in [0.5, 0.6) is 11.6 Å². The summed E-state index contributed by atoms with van der Waals surface area (Å²) in [5, 5.41) is 9.44. The van der Waals surface area contributed by atoms with Gasteiger partial charge in [0.25, 0.3) is 0 Å². The van der Waals surface area contributed by atoms with Crippen molar-refractivity contribution in [3.05, 3.63) is 54.1 Å². The maximum absolute atomic E-state index is 13.0. The molecule has 5 rings (SSSR count). The summed E-state index contributed by atoms with van der Waals surface area (Å²) < 4.78 is 12.6. The monoisotopic (exact) mass is 504 g/mol. The Hall–Kier alpha value is -3.13. The normalized spacial score (nSPS) is 17.2. The summed E-state index contributed by atoms with van der Waals surface area (Å²) in [5.41, 5.74) is 2.87. The quantitative estimate of drug-likeness (QED) is 0.253. The van der Waals surface area contributed by atoms with Gasteiger partial charge in [-0.3, -0.25) is 9.69 Å². The maximum Gasteiger partial charge on any atom is 0.247 e. The number of carbonyl (C=O) groups is 1. The molecule has 0 spiro atoms. The van der Waals surface area contributed by atoms with Crippen LogP contribution in [-0.2, 0) is 4.79 Å². The van der Waals surface area contributed by atoms with Crippen molar-refractivity contribution in [1.82, 2.24) is 15.2 Å². The molecule has 0 saturated heterocycles. The van der Waals surface area contributed by atoms with Crippen LogP contribution in [0.1, 0.15) is 70.6 Å². The molecule has 36 heavy (non-hydrogen) atoms. The number of rotatable bonds is 8. The first kappa shape index (κ1) is 24.6. The van der Waals surface area contributed by atoms with Gasteiger partial charge in [0.15, 0.2) is 5.69 Å². The largest absolute Gasteiger partial charge is 0.490 e. The van der Waals surface area contributed by atoms with Gasteiger partial charge in [0, 0.05) is 23.8 Å². The third-order valence-electron chi connectivity index (χ3n) is 6.60. The predicted octanol–water partition coefficient (Wildman–Crippen LogP) is 6.59. The summed E-state index contributed by atoms with van der Waals surface area (Å²) in [5.74, 6) is 2.02. The molecule has 1 aliphatic heterocycles. The van der Waals surface area contributed by atoms with Crippen molar-refractivity contribution in [2.75, 3.05) is 10.7 Å². The highest BCUT2D eigenvalue weighted by atomic mass is 32.2. The second kappa shape index (κ2) is 11.3. The molecule has 2 heterocycles. The van der Waals surface area contributed by atoms with Gasteiger partial charge in [-0.2, -0.15) is 4.98 Å². The van der Waals surface area contributed by atoms with Crippen LogP contribution in [0.4, 0.5) is 5.69 Å². The molecular weight excluding hydrogens is 472 g/mol. The van der Waals surface area contributed by atoms with E-state index in [1.807, 2.05) is 48.5 Å². The zero-order chi connectivity index (χ0) is 24.9. The molecule has 0 bridgehead atoms. The molecule has 1 amide bonds. The van der Waals surface area contributed by atoms with Crippen LogP contribution in [0, 0.1) is 0 Å². The third kappa shape index (κ3) is 5.33. The number of fused-ring (bicyclic) bond motifs is 3. The van der Waals surface area contributed by atoms with E-state index >= 15 is 0 Å². The summed E-state index contributed by atoms with van der Waals surface area (Å²) in [6.45, 7) is 3.74. The van der Waals surface area contributed by atoms with E-state index in [0.717, 1.165) is 54.0 Å². The van der Waals surface area contributed by atoms with Crippen LogP contribution in [-0.4, -0.2) is 32.9 Å². The fourth-order valence-electron chi connectivity index (χ4n) is 4.76. The second-order valence-electron chi connectivity index (χ2n) is 9.27. The van der Waals surface area contributed by atoms with Crippen molar-refractivity contribution in [3.63, 3.8) is 0 Å². The first-order chi connectivity index (χ1) is 17.6. The number of amides is 1. The maximum atomic E-state index is 13.0. The van der Waals surface area contributed by atoms with Crippen LogP contribution in [0.15, 0.2) is 53.7 Å². The average Bonchev–Trinajstić information content (AvgIpc) is 3.35. The zero-order valence-corrected chi connectivity index (χ0v) is 21.7. The number of carbonyl (C=O) groups excluding carboxylic acids is 1. The number of anilines is 1. The summed E-state index contributed by atoms with van der Waals surface area (Å²) in [6.07, 6.45) is 7.67. The molecule has 2 aromatic carbocycles. The highest BCUT2D eigenvalue weighted by molar-refractivity contribution is 7.99.